The van der Waals surface area contributed by atoms with Crippen molar-refractivity contribution in [2.75, 3.05) is 6.54 Å². The van der Waals surface area contributed by atoms with Gasteiger partial charge in [-0.25, -0.2) is 0 Å². The van der Waals surface area contributed by atoms with E-state index in [0.29, 0.717) is 12.6 Å². The summed E-state index contributed by atoms with van der Waals surface area (Å²) in [6, 6.07) is 0.638. The van der Waals surface area contributed by atoms with Gasteiger partial charge in [-0.2, -0.15) is 0 Å². The molecule has 1 aliphatic rings. The van der Waals surface area contributed by atoms with Crippen LogP contribution in [0.2, 0.25) is 0 Å². The van der Waals surface area contributed by atoms with E-state index in [-0.39, 0.29) is 0 Å². The molecule has 0 aromatic carbocycles. The minimum absolute atomic E-state index is 0.638. The Hall–Kier alpha value is -0.271. The summed E-state index contributed by atoms with van der Waals surface area (Å²) in [6.45, 7) is 4.33. The first-order valence-electron chi connectivity index (χ1n) is 4.92. The fourth-order valence-corrected chi connectivity index (χ4v) is 2.12. The van der Waals surface area contributed by atoms with Crippen molar-refractivity contribution in [2.24, 2.45) is 4.99 Å². The maximum atomic E-state index is 4.27. The van der Waals surface area contributed by atoms with E-state index >= 15 is 0 Å². The summed E-state index contributed by atoms with van der Waals surface area (Å²) in [5.41, 5.74) is 0. The van der Waals surface area contributed by atoms with E-state index in [1.54, 1.807) is 6.08 Å². The van der Waals surface area contributed by atoms with Gasteiger partial charge in [0.2, 0.25) is 0 Å². The van der Waals surface area contributed by atoms with E-state index in [0.717, 1.165) is 4.73 Å². The van der Waals surface area contributed by atoms with Crippen molar-refractivity contribution in [1.29, 1.82) is 0 Å². The van der Waals surface area contributed by atoms with Crippen LogP contribution in [0.15, 0.2) is 17.6 Å². The molecule has 1 rings (SSSR count). The Labute approximate surface area is 88.7 Å². The Kier molecular flexibility index (Phi) is 5.17. The van der Waals surface area contributed by atoms with Gasteiger partial charge >= 0.3 is 88.4 Å². The summed E-state index contributed by atoms with van der Waals surface area (Å²) in [5, 5.41) is 3.40. The molecule has 3 heteroatoms. The second-order valence-corrected chi connectivity index (χ2v) is 4.23. The Morgan fingerprint density at radius 2 is 2.15 bits per heavy atom. The maximum absolute atomic E-state index is 4.27. The van der Waals surface area contributed by atoms with E-state index in [1.807, 2.05) is 0 Å². The zero-order valence-electron chi connectivity index (χ0n) is 7.96. The predicted molar refractivity (Wildman–Crippen MR) is 58.3 cm³/mol. The number of amidine groups is 1. The molecule has 2 nitrogen and oxygen atoms in total. The molecule has 1 aliphatic carbocycles. The number of aliphatic imine (C=N–C) groups is 1. The summed E-state index contributed by atoms with van der Waals surface area (Å²) >= 11 is 2.95. The van der Waals surface area contributed by atoms with Gasteiger partial charge in [0, 0.05) is 0 Å². The number of rotatable bonds is 3. The molecule has 1 radical (unpaired) electrons. The third-order valence-electron chi connectivity index (χ3n) is 2.30. The summed E-state index contributed by atoms with van der Waals surface area (Å²) in [5.74, 6) is 0. The fourth-order valence-electron chi connectivity index (χ4n) is 1.61. The van der Waals surface area contributed by atoms with Crippen LogP contribution in [0.25, 0.3) is 0 Å². The van der Waals surface area contributed by atoms with Crippen molar-refractivity contribution < 1.29 is 0 Å². The first-order valence-corrected chi connectivity index (χ1v) is 5.77. The molecule has 0 unspecified atom stereocenters. The first-order chi connectivity index (χ1) is 6.33. The van der Waals surface area contributed by atoms with Crippen molar-refractivity contribution in [3.05, 3.63) is 12.7 Å². The predicted octanol–water partition coefficient (Wildman–Crippen LogP) is 1.62. The van der Waals surface area contributed by atoms with Crippen LogP contribution >= 0.6 is 0 Å². The van der Waals surface area contributed by atoms with E-state index in [2.05, 4.69) is 32.9 Å². The molecule has 0 saturated heterocycles. The molecule has 0 spiro atoms. The van der Waals surface area contributed by atoms with Gasteiger partial charge in [-0.1, -0.05) is 0 Å². The van der Waals surface area contributed by atoms with Crippen LogP contribution in [-0.4, -0.2) is 33.3 Å². The van der Waals surface area contributed by atoms with Crippen LogP contribution in [0.5, 0.6) is 0 Å². The average Bonchev–Trinajstić information content (AvgIpc) is 2.16. The summed E-state index contributed by atoms with van der Waals surface area (Å²) in [7, 11) is 0. The van der Waals surface area contributed by atoms with Gasteiger partial charge in [0.1, 0.15) is 0 Å². The number of hydrogen-bond donors (Lipinski definition) is 1. The van der Waals surface area contributed by atoms with Crippen LogP contribution in [0, 0.1) is 0 Å². The average molecular weight is 244 g/mol. The Morgan fingerprint density at radius 3 is 2.77 bits per heavy atom. The molecule has 0 bridgehead atoms. The molecule has 1 N–H and O–H groups in total. The standard InChI is InChI=1S/C10H17N2Se/c1-2-8-11-10(13)12-9-6-4-3-5-7-9/h2,9H,1,3-8H2,(H,11,12). The van der Waals surface area contributed by atoms with Gasteiger partial charge in [0.25, 0.3) is 0 Å². The number of hydrogen-bond acceptors (Lipinski definition) is 1. The van der Waals surface area contributed by atoms with Gasteiger partial charge in [0.05, 0.1) is 0 Å². The quantitative estimate of drug-likeness (QED) is 0.347. The van der Waals surface area contributed by atoms with Crippen molar-refractivity contribution in [3.8, 4) is 0 Å². The van der Waals surface area contributed by atoms with Crippen molar-refractivity contribution in [1.82, 2.24) is 5.32 Å². The van der Waals surface area contributed by atoms with Crippen LogP contribution in [-0.2, 0) is 0 Å². The SMILES string of the molecule is C=CCN=C([Se])NC1CCCCC1. The fraction of sp³-hybridized carbons (Fsp3) is 0.700. The molecule has 0 aromatic heterocycles. The monoisotopic (exact) mass is 245 g/mol. The van der Waals surface area contributed by atoms with Gasteiger partial charge in [-0.15, -0.1) is 0 Å². The van der Waals surface area contributed by atoms with Gasteiger partial charge in [-0.3, -0.25) is 0 Å². The van der Waals surface area contributed by atoms with Gasteiger partial charge in [0.15, 0.2) is 0 Å². The molecule has 73 valence electrons. The minimum atomic E-state index is 0.638. The summed E-state index contributed by atoms with van der Waals surface area (Å²) in [4.78, 5) is 4.27. The summed E-state index contributed by atoms with van der Waals surface area (Å²) < 4.78 is 0.937. The van der Waals surface area contributed by atoms with Crippen molar-refractivity contribution in [2.45, 2.75) is 38.1 Å². The Morgan fingerprint density at radius 1 is 1.46 bits per heavy atom. The zero-order chi connectivity index (χ0) is 9.52. The van der Waals surface area contributed by atoms with Crippen molar-refractivity contribution >= 4 is 20.7 Å². The van der Waals surface area contributed by atoms with Crippen LogP contribution in [0.1, 0.15) is 32.1 Å². The number of nitrogens with zero attached hydrogens (tertiary/aromatic N) is 1. The topological polar surface area (TPSA) is 24.4 Å². The molecule has 0 atom stereocenters. The Bertz CT molecular complexity index is 183. The normalized spacial score (nSPS) is 19.8. The second kappa shape index (κ2) is 6.22. The second-order valence-electron chi connectivity index (χ2n) is 3.41. The van der Waals surface area contributed by atoms with E-state index in [1.165, 1.54) is 32.1 Å². The molecular weight excluding hydrogens is 227 g/mol. The third-order valence-corrected chi connectivity index (χ3v) is 2.81. The zero-order valence-corrected chi connectivity index (χ0v) is 9.67. The number of nitrogens with one attached hydrogen (secondary N) is 1. The molecule has 1 saturated carbocycles. The van der Waals surface area contributed by atoms with Crippen LogP contribution in [0.3, 0.4) is 0 Å². The van der Waals surface area contributed by atoms with Gasteiger partial charge in [-0.05, 0) is 0 Å². The van der Waals surface area contributed by atoms with Gasteiger partial charge < -0.3 is 0 Å². The first kappa shape index (κ1) is 10.8. The van der Waals surface area contributed by atoms with Crippen LogP contribution in [0.4, 0.5) is 0 Å². The molecular formula is C10H17N2Se. The van der Waals surface area contributed by atoms with E-state index < -0.39 is 0 Å². The van der Waals surface area contributed by atoms with Crippen LogP contribution < -0.4 is 5.32 Å². The molecule has 0 heterocycles. The Balaban J connectivity index is 2.25. The summed E-state index contributed by atoms with van der Waals surface area (Å²) in [6.07, 6.45) is 8.48. The van der Waals surface area contributed by atoms with E-state index in [4.69, 9.17) is 0 Å². The molecule has 13 heavy (non-hydrogen) atoms. The third kappa shape index (κ3) is 4.49. The molecule has 1 fully saturated rings. The van der Waals surface area contributed by atoms with Crippen molar-refractivity contribution in [3.63, 3.8) is 0 Å². The molecule has 0 aliphatic heterocycles. The molecule has 0 aromatic rings. The molecule has 0 amide bonds. The van der Waals surface area contributed by atoms with E-state index in [9.17, 15) is 0 Å².